The van der Waals surface area contributed by atoms with Crippen LogP contribution in [-0.4, -0.2) is 23.1 Å². The maximum Gasteiger partial charge on any atom is 0.250 e. The summed E-state index contributed by atoms with van der Waals surface area (Å²) < 4.78 is 1.72. The highest BCUT2D eigenvalue weighted by Gasteiger charge is 2.01. The Morgan fingerprint density at radius 3 is 2.58 bits per heavy atom. The van der Waals surface area contributed by atoms with Gasteiger partial charge in [-0.1, -0.05) is 18.2 Å². The monoisotopic (exact) mass is 257 g/mol. The molecule has 0 atom stereocenters. The molecule has 0 unspecified atom stereocenters. The topological polar surface area (TPSA) is 51.3 Å². The van der Waals surface area contributed by atoms with Gasteiger partial charge in [0.15, 0.2) is 0 Å². The van der Waals surface area contributed by atoms with E-state index >= 15 is 0 Å². The van der Waals surface area contributed by atoms with Crippen molar-refractivity contribution >= 4 is 5.69 Å². The zero-order chi connectivity index (χ0) is 13.7. The minimum atomic E-state index is 0.0448. The molecule has 0 spiro atoms. The summed E-state index contributed by atoms with van der Waals surface area (Å²) >= 11 is 0. The number of nitrogens with zero attached hydrogens (tertiary/aromatic N) is 2. The molecular weight excluding hydrogens is 238 g/mol. The molecular formula is C15H19N3O. The van der Waals surface area contributed by atoms with Crippen molar-refractivity contribution in [1.82, 2.24) is 9.47 Å². The summed E-state index contributed by atoms with van der Waals surface area (Å²) in [4.78, 5) is 13.7. The minimum absolute atomic E-state index is 0.0448. The van der Waals surface area contributed by atoms with Crippen LogP contribution in [-0.2, 0) is 13.1 Å². The average molecular weight is 257 g/mol. The maximum atomic E-state index is 11.6. The smallest absolute Gasteiger partial charge is 0.250 e. The molecule has 2 rings (SSSR count). The number of hydrogen-bond donors (Lipinski definition) is 1. The van der Waals surface area contributed by atoms with Crippen LogP contribution >= 0.6 is 0 Å². The van der Waals surface area contributed by atoms with Gasteiger partial charge in [0.1, 0.15) is 0 Å². The van der Waals surface area contributed by atoms with Crippen molar-refractivity contribution in [3.8, 4) is 0 Å². The normalized spacial score (nSPS) is 10.8. The zero-order valence-electron chi connectivity index (χ0n) is 11.1. The van der Waals surface area contributed by atoms with Gasteiger partial charge >= 0.3 is 0 Å². The molecule has 0 aliphatic rings. The predicted molar refractivity (Wildman–Crippen MR) is 77.9 cm³/mol. The van der Waals surface area contributed by atoms with E-state index in [-0.39, 0.29) is 5.56 Å². The molecule has 2 aromatic rings. The summed E-state index contributed by atoms with van der Waals surface area (Å²) in [5, 5.41) is 0. The lowest BCUT2D eigenvalue weighted by molar-refractivity contribution is 0.310. The van der Waals surface area contributed by atoms with Crippen LogP contribution in [0.4, 0.5) is 5.69 Å². The number of aromatic nitrogens is 1. The summed E-state index contributed by atoms with van der Waals surface area (Å²) in [6.45, 7) is 2.38. The Bertz CT molecular complexity index is 574. The third kappa shape index (κ3) is 3.96. The zero-order valence-corrected chi connectivity index (χ0v) is 11.1. The highest BCUT2D eigenvalue weighted by atomic mass is 16.1. The Morgan fingerprint density at radius 2 is 1.89 bits per heavy atom. The first kappa shape index (κ1) is 13.4. The van der Waals surface area contributed by atoms with E-state index in [2.05, 4.69) is 4.90 Å². The van der Waals surface area contributed by atoms with E-state index in [1.165, 1.54) is 5.56 Å². The van der Waals surface area contributed by atoms with Crippen molar-refractivity contribution in [3.05, 3.63) is 64.6 Å². The maximum absolute atomic E-state index is 11.6. The molecule has 0 fully saturated rings. The number of benzene rings is 1. The van der Waals surface area contributed by atoms with Gasteiger partial charge in [0, 0.05) is 37.6 Å². The van der Waals surface area contributed by atoms with E-state index in [4.69, 9.17) is 5.73 Å². The molecule has 0 amide bonds. The first-order valence-corrected chi connectivity index (χ1v) is 6.33. The van der Waals surface area contributed by atoms with Gasteiger partial charge in [0.25, 0.3) is 5.56 Å². The fourth-order valence-electron chi connectivity index (χ4n) is 1.94. The van der Waals surface area contributed by atoms with E-state index in [0.29, 0.717) is 6.54 Å². The average Bonchev–Trinajstić information content (AvgIpc) is 2.40. The van der Waals surface area contributed by atoms with Crippen LogP contribution in [0, 0.1) is 0 Å². The Labute approximate surface area is 113 Å². The molecule has 0 saturated carbocycles. The van der Waals surface area contributed by atoms with Crippen LogP contribution in [0.3, 0.4) is 0 Å². The number of rotatable bonds is 5. The van der Waals surface area contributed by atoms with Crippen LogP contribution in [0.2, 0.25) is 0 Å². The number of pyridine rings is 1. The first-order chi connectivity index (χ1) is 9.15. The Balaban J connectivity index is 1.88. The standard InChI is InChI=1S/C15H19N3O/c1-17(12-13-5-7-14(16)8-6-13)10-11-18-9-3-2-4-15(18)19/h2-9H,10-12,16H2,1H3. The van der Waals surface area contributed by atoms with Gasteiger partial charge in [0.05, 0.1) is 0 Å². The van der Waals surface area contributed by atoms with Gasteiger partial charge in [0.2, 0.25) is 0 Å². The summed E-state index contributed by atoms with van der Waals surface area (Å²) in [5.74, 6) is 0. The molecule has 19 heavy (non-hydrogen) atoms. The van der Waals surface area contributed by atoms with Crippen molar-refractivity contribution in [2.75, 3.05) is 19.3 Å². The van der Waals surface area contributed by atoms with E-state index in [1.807, 2.05) is 43.6 Å². The van der Waals surface area contributed by atoms with Crippen LogP contribution in [0.25, 0.3) is 0 Å². The summed E-state index contributed by atoms with van der Waals surface area (Å²) in [6.07, 6.45) is 1.82. The van der Waals surface area contributed by atoms with Gasteiger partial charge in [-0.25, -0.2) is 0 Å². The number of anilines is 1. The lowest BCUT2D eigenvalue weighted by Gasteiger charge is -2.17. The first-order valence-electron chi connectivity index (χ1n) is 6.33. The minimum Gasteiger partial charge on any atom is -0.399 e. The predicted octanol–water partition coefficient (Wildman–Crippen LogP) is 1.56. The van der Waals surface area contributed by atoms with Crippen LogP contribution in [0.15, 0.2) is 53.5 Å². The summed E-state index contributed by atoms with van der Waals surface area (Å²) in [6, 6.07) is 13.1. The molecule has 4 nitrogen and oxygen atoms in total. The lowest BCUT2D eigenvalue weighted by atomic mass is 10.2. The van der Waals surface area contributed by atoms with Crippen molar-refractivity contribution in [2.45, 2.75) is 13.1 Å². The van der Waals surface area contributed by atoms with Crippen molar-refractivity contribution in [1.29, 1.82) is 0 Å². The van der Waals surface area contributed by atoms with Crippen LogP contribution in [0.1, 0.15) is 5.56 Å². The third-order valence-corrected chi connectivity index (χ3v) is 3.05. The SMILES string of the molecule is CN(CCn1ccccc1=O)Cc1ccc(N)cc1. The number of nitrogens with two attached hydrogens (primary N) is 1. The Hall–Kier alpha value is -2.07. The van der Waals surface area contributed by atoms with Crippen molar-refractivity contribution < 1.29 is 0 Å². The van der Waals surface area contributed by atoms with Gasteiger partial charge in [-0.3, -0.25) is 4.79 Å². The summed E-state index contributed by atoms with van der Waals surface area (Å²) in [7, 11) is 2.05. The summed E-state index contributed by atoms with van der Waals surface area (Å²) in [5.41, 5.74) is 7.70. The molecule has 1 aromatic carbocycles. The van der Waals surface area contributed by atoms with Crippen LogP contribution in [0.5, 0.6) is 0 Å². The second-order valence-corrected chi connectivity index (χ2v) is 4.71. The second-order valence-electron chi connectivity index (χ2n) is 4.71. The number of nitrogen functional groups attached to an aromatic ring is 1. The van der Waals surface area contributed by atoms with E-state index in [0.717, 1.165) is 18.8 Å². The largest absolute Gasteiger partial charge is 0.399 e. The van der Waals surface area contributed by atoms with Gasteiger partial charge in [-0.2, -0.15) is 0 Å². The fourth-order valence-corrected chi connectivity index (χ4v) is 1.94. The molecule has 0 bridgehead atoms. The molecule has 0 aliphatic heterocycles. The molecule has 0 radical (unpaired) electrons. The molecule has 0 aliphatic carbocycles. The second kappa shape index (κ2) is 6.20. The quantitative estimate of drug-likeness (QED) is 0.827. The van der Waals surface area contributed by atoms with E-state index in [1.54, 1.807) is 16.7 Å². The van der Waals surface area contributed by atoms with Gasteiger partial charge in [-0.15, -0.1) is 0 Å². The third-order valence-electron chi connectivity index (χ3n) is 3.05. The highest BCUT2D eigenvalue weighted by Crippen LogP contribution is 2.07. The van der Waals surface area contributed by atoms with Crippen LogP contribution < -0.4 is 11.3 Å². The molecule has 2 N–H and O–H groups in total. The van der Waals surface area contributed by atoms with E-state index in [9.17, 15) is 4.79 Å². The molecule has 1 heterocycles. The molecule has 1 aromatic heterocycles. The fraction of sp³-hybridized carbons (Fsp3) is 0.267. The van der Waals surface area contributed by atoms with Crippen molar-refractivity contribution in [3.63, 3.8) is 0 Å². The number of hydrogen-bond acceptors (Lipinski definition) is 3. The van der Waals surface area contributed by atoms with Gasteiger partial charge < -0.3 is 15.2 Å². The molecule has 100 valence electrons. The lowest BCUT2D eigenvalue weighted by Crippen LogP contribution is -2.27. The molecule has 4 heteroatoms. The molecule has 0 saturated heterocycles. The van der Waals surface area contributed by atoms with Crippen molar-refractivity contribution in [2.24, 2.45) is 0 Å². The number of likely N-dealkylation sites (N-methyl/N-ethyl adjacent to an activating group) is 1. The van der Waals surface area contributed by atoms with E-state index < -0.39 is 0 Å². The van der Waals surface area contributed by atoms with Gasteiger partial charge in [-0.05, 0) is 30.8 Å². The Morgan fingerprint density at radius 1 is 1.16 bits per heavy atom. The Kier molecular flexibility index (Phi) is 4.36. The highest BCUT2D eigenvalue weighted by molar-refractivity contribution is 5.39.